The van der Waals surface area contributed by atoms with E-state index in [0.29, 0.717) is 11.4 Å². The third-order valence-corrected chi connectivity index (χ3v) is 2.40. The first-order chi connectivity index (χ1) is 7.75. The van der Waals surface area contributed by atoms with E-state index in [2.05, 4.69) is 5.10 Å². The van der Waals surface area contributed by atoms with E-state index >= 15 is 0 Å². The van der Waals surface area contributed by atoms with Gasteiger partial charge < -0.3 is 4.90 Å². The zero-order valence-corrected chi connectivity index (χ0v) is 10.0. The second-order valence-corrected chi connectivity index (χ2v) is 3.85. The fourth-order valence-corrected chi connectivity index (χ4v) is 1.43. The lowest BCUT2D eigenvalue weighted by molar-refractivity contribution is -0.184. The molecule has 0 aromatic carbocycles. The van der Waals surface area contributed by atoms with E-state index in [4.69, 9.17) is 11.6 Å². The van der Waals surface area contributed by atoms with E-state index in [1.807, 2.05) is 6.92 Å². The normalized spacial score (nSPS) is 11.6. The number of halogens is 4. The molecule has 17 heavy (non-hydrogen) atoms. The second-order valence-electron chi connectivity index (χ2n) is 3.44. The minimum atomic E-state index is -4.88. The lowest BCUT2D eigenvalue weighted by atomic mass is 10.4. The van der Waals surface area contributed by atoms with Gasteiger partial charge in [-0.1, -0.05) is 11.6 Å². The Hall–Kier alpha value is -1.24. The molecular weight excluding hydrogens is 259 g/mol. The molecule has 1 amide bonds. The van der Waals surface area contributed by atoms with Crippen molar-refractivity contribution in [3.63, 3.8) is 0 Å². The van der Waals surface area contributed by atoms with Crippen LogP contribution in [0.15, 0.2) is 6.20 Å². The van der Waals surface area contributed by atoms with Crippen molar-refractivity contribution in [2.45, 2.75) is 26.2 Å². The van der Waals surface area contributed by atoms with Crippen molar-refractivity contribution in [1.82, 2.24) is 14.7 Å². The Morgan fingerprint density at radius 2 is 2.18 bits per heavy atom. The van der Waals surface area contributed by atoms with Crippen LogP contribution in [0.3, 0.4) is 0 Å². The van der Waals surface area contributed by atoms with E-state index in [-0.39, 0.29) is 17.3 Å². The Morgan fingerprint density at radius 3 is 2.59 bits per heavy atom. The largest absolute Gasteiger partial charge is 0.471 e. The summed E-state index contributed by atoms with van der Waals surface area (Å²) in [4.78, 5) is 11.4. The van der Waals surface area contributed by atoms with Crippen molar-refractivity contribution in [1.29, 1.82) is 0 Å². The predicted molar refractivity (Wildman–Crippen MR) is 55.4 cm³/mol. The van der Waals surface area contributed by atoms with Crippen LogP contribution < -0.4 is 0 Å². The lowest BCUT2D eigenvalue weighted by Crippen LogP contribution is -2.38. The molecule has 0 atom stereocenters. The zero-order chi connectivity index (χ0) is 13.2. The topological polar surface area (TPSA) is 38.1 Å². The molecular formula is C9H11ClF3N3O. The van der Waals surface area contributed by atoms with Crippen LogP contribution in [0.4, 0.5) is 13.2 Å². The molecule has 0 aliphatic heterocycles. The molecule has 8 heteroatoms. The zero-order valence-electron chi connectivity index (χ0n) is 9.25. The number of amides is 1. The molecule has 0 spiro atoms. The number of nitrogens with zero attached hydrogens (tertiary/aromatic N) is 3. The first-order valence-corrected chi connectivity index (χ1v) is 5.17. The minimum absolute atomic E-state index is 0.244. The summed E-state index contributed by atoms with van der Waals surface area (Å²) in [7, 11) is 1.05. The molecule has 0 saturated heterocycles. The van der Waals surface area contributed by atoms with Crippen molar-refractivity contribution < 1.29 is 18.0 Å². The highest BCUT2D eigenvalue weighted by Gasteiger charge is 2.41. The van der Waals surface area contributed by atoms with Gasteiger partial charge in [0, 0.05) is 19.8 Å². The van der Waals surface area contributed by atoms with Crippen molar-refractivity contribution in [2.75, 3.05) is 7.05 Å². The van der Waals surface area contributed by atoms with E-state index in [9.17, 15) is 18.0 Å². The summed E-state index contributed by atoms with van der Waals surface area (Å²) in [6.07, 6.45) is -3.38. The maximum atomic E-state index is 12.1. The Morgan fingerprint density at radius 1 is 1.59 bits per heavy atom. The fourth-order valence-electron chi connectivity index (χ4n) is 1.22. The maximum absolute atomic E-state index is 12.1. The van der Waals surface area contributed by atoms with Gasteiger partial charge >= 0.3 is 12.1 Å². The Kier molecular flexibility index (Phi) is 4.03. The summed E-state index contributed by atoms with van der Waals surface area (Å²) in [5.41, 5.74) is 0.244. The monoisotopic (exact) mass is 269 g/mol. The summed E-state index contributed by atoms with van der Waals surface area (Å²) in [5.74, 6) is -1.92. The predicted octanol–water partition coefficient (Wildman–Crippen LogP) is 2.08. The number of aryl methyl sites for hydroxylation is 1. The molecule has 0 saturated carbocycles. The summed E-state index contributed by atoms with van der Waals surface area (Å²) in [6, 6.07) is 0. The van der Waals surface area contributed by atoms with Gasteiger partial charge in [-0.2, -0.15) is 18.3 Å². The molecule has 0 aliphatic rings. The van der Waals surface area contributed by atoms with Crippen LogP contribution >= 0.6 is 11.6 Å². The number of aromatic nitrogens is 2. The van der Waals surface area contributed by atoms with Crippen LogP contribution in [0.1, 0.15) is 12.6 Å². The number of hydrogen-bond donors (Lipinski definition) is 0. The van der Waals surface area contributed by atoms with Gasteiger partial charge in [0.15, 0.2) is 0 Å². The third-order valence-electron chi connectivity index (χ3n) is 2.09. The van der Waals surface area contributed by atoms with Gasteiger partial charge in [0.1, 0.15) is 5.69 Å². The quantitative estimate of drug-likeness (QED) is 0.843. The standard InChI is InChI=1S/C9H11ClF3N3O/c1-3-16-4-6(10)7(14-16)5-15(2)8(17)9(11,12)13/h4H,3,5H2,1-2H3. The Balaban J connectivity index is 2.77. The van der Waals surface area contributed by atoms with Gasteiger partial charge in [-0.25, -0.2) is 0 Å². The second kappa shape index (κ2) is 4.95. The van der Waals surface area contributed by atoms with Gasteiger partial charge in [0.05, 0.1) is 11.6 Å². The number of carbonyl (C=O) groups excluding carboxylic acids is 1. The lowest BCUT2D eigenvalue weighted by Gasteiger charge is -2.17. The Labute approximate surface area is 101 Å². The van der Waals surface area contributed by atoms with Crippen LogP contribution in [0.2, 0.25) is 5.02 Å². The van der Waals surface area contributed by atoms with Gasteiger partial charge in [-0.15, -0.1) is 0 Å². The van der Waals surface area contributed by atoms with Crippen LogP contribution in [0, 0.1) is 0 Å². The number of hydrogen-bond acceptors (Lipinski definition) is 2. The summed E-state index contributed by atoms with van der Waals surface area (Å²) in [6.45, 7) is 2.10. The van der Waals surface area contributed by atoms with Crippen LogP contribution in [-0.2, 0) is 17.9 Å². The molecule has 0 bridgehead atoms. The number of alkyl halides is 3. The van der Waals surface area contributed by atoms with Crippen LogP contribution in [0.5, 0.6) is 0 Å². The van der Waals surface area contributed by atoms with E-state index in [1.54, 1.807) is 0 Å². The van der Waals surface area contributed by atoms with E-state index in [1.165, 1.54) is 10.9 Å². The molecule has 0 aliphatic carbocycles. The molecule has 1 aromatic rings. The van der Waals surface area contributed by atoms with Crippen LogP contribution in [0.25, 0.3) is 0 Å². The first kappa shape index (κ1) is 13.8. The average Bonchev–Trinajstić information content (AvgIpc) is 2.57. The Bertz CT molecular complexity index is 416. The van der Waals surface area contributed by atoms with Crippen molar-refractivity contribution in [3.8, 4) is 0 Å². The molecule has 1 rings (SSSR count). The molecule has 1 heterocycles. The SMILES string of the molecule is CCn1cc(Cl)c(CN(C)C(=O)C(F)(F)F)n1. The smallest absolute Gasteiger partial charge is 0.332 e. The highest BCUT2D eigenvalue weighted by Crippen LogP contribution is 2.21. The maximum Gasteiger partial charge on any atom is 0.471 e. The highest BCUT2D eigenvalue weighted by molar-refractivity contribution is 6.31. The van der Waals surface area contributed by atoms with Crippen molar-refractivity contribution in [2.24, 2.45) is 0 Å². The van der Waals surface area contributed by atoms with Crippen molar-refractivity contribution in [3.05, 3.63) is 16.9 Å². The molecule has 0 radical (unpaired) electrons. The molecule has 0 N–H and O–H groups in total. The minimum Gasteiger partial charge on any atom is -0.332 e. The van der Waals surface area contributed by atoms with Gasteiger partial charge in [-0.05, 0) is 6.92 Å². The molecule has 4 nitrogen and oxygen atoms in total. The van der Waals surface area contributed by atoms with E-state index in [0.717, 1.165) is 7.05 Å². The summed E-state index contributed by atoms with van der Waals surface area (Å²) >= 11 is 5.78. The van der Waals surface area contributed by atoms with Crippen LogP contribution in [-0.4, -0.2) is 33.8 Å². The highest BCUT2D eigenvalue weighted by atomic mass is 35.5. The van der Waals surface area contributed by atoms with Gasteiger partial charge in [0.25, 0.3) is 0 Å². The molecule has 0 fully saturated rings. The number of carbonyl (C=O) groups is 1. The molecule has 1 aromatic heterocycles. The average molecular weight is 270 g/mol. The summed E-state index contributed by atoms with van der Waals surface area (Å²) < 4.78 is 37.9. The molecule has 96 valence electrons. The third kappa shape index (κ3) is 3.36. The summed E-state index contributed by atoms with van der Waals surface area (Å²) in [5, 5.41) is 4.20. The first-order valence-electron chi connectivity index (χ1n) is 4.79. The van der Waals surface area contributed by atoms with E-state index < -0.39 is 12.1 Å². The van der Waals surface area contributed by atoms with Crippen molar-refractivity contribution >= 4 is 17.5 Å². The van der Waals surface area contributed by atoms with Gasteiger partial charge in [0.2, 0.25) is 0 Å². The van der Waals surface area contributed by atoms with Gasteiger partial charge in [-0.3, -0.25) is 9.48 Å². The fraction of sp³-hybridized carbons (Fsp3) is 0.556. The molecule has 0 unspecified atom stereocenters. The number of rotatable bonds is 3.